The summed E-state index contributed by atoms with van der Waals surface area (Å²) >= 11 is 0.982. The Balaban J connectivity index is 2.14. The number of halogens is 3. The predicted molar refractivity (Wildman–Crippen MR) is 82.2 cm³/mol. The van der Waals surface area contributed by atoms with Gasteiger partial charge < -0.3 is 10.4 Å². The van der Waals surface area contributed by atoms with Gasteiger partial charge in [0.15, 0.2) is 0 Å². The second-order valence-electron chi connectivity index (χ2n) is 4.85. The fourth-order valence-electron chi connectivity index (χ4n) is 1.97. The number of carboxylic acid groups (broad SMARTS) is 1. The first-order valence-electron chi connectivity index (χ1n) is 6.89. The van der Waals surface area contributed by atoms with Gasteiger partial charge in [-0.15, -0.1) is 11.3 Å². The van der Waals surface area contributed by atoms with Crippen molar-refractivity contribution in [3.63, 3.8) is 0 Å². The molecule has 24 heavy (non-hydrogen) atoms. The van der Waals surface area contributed by atoms with Crippen molar-refractivity contribution in [3.8, 4) is 0 Å². The summed E-state index contributed by atoms with van der Waals surface area (Å²) in [5.74, 6) is -1.82. The van der Waals surface area contributed by atoms with Crippen LogP contribution in [0, 0.1) is 0 Å². The van der Waals surface area contributed by atoms with Gasteiger partial charge in [-0.2, -0.15) is 13.2 Å². The molecule has 5 nitrogen and oxygen atoms in total. The van der Waals surface area contributed by atoms with Crippen LogP contribution >= 0.6 is 11.3 Å². The molecular weight excluding hydrogens is 345 g/mol. The van der Waals surface area contributed by atoms with Crippen LogP contribution in [0.3, 0.4) is 0 Å². The molecule has 0 bridgehead atoms. The van der Waals surface area contributed by atoms with Gasteiger partial charge >= 0.3 is 12.1 Å². The van der Waals surface area contributed by atoms with Crippen LogP contribution in [0.5, 0.6) is 0 Å². The van der Waals surface area contributed by atoms with E-state index in [1.807, 2.05) is 0 Å². The Kier molecular flexibility index (Phi) is 5.23. The highest BCUT2D eigenvalue weighted by Crippen LogP contribution is 2.30. The maximum atomic E-state index is 12.6. The van der Waals surface area contributed by atoms with Crippen molar-refractivity contribution in [1.82, 2.24) is 4.98 Å². The van der Waals surface area contributed by atoms with Gasteiger partial charge in [0.2, 0.25) is 5.91 Å². The Labute approximate surface area is 139 Å². The Morgan fingerprint density at radius 3 is 2.62 bits per heavy atom. The molecule has 2 N–H and O–H groups in total. The molecule has 0 saturated carbocycles. The van der Waals surface area contributed by atoms with Gasteiger partial charge in [0.1, 0.15) is 4.88 Å². The summed E-state index contributed by atoms with van der Waals surface area (Å²) in [6.07, 6.45) is -4.31. The third-order valence-corrected chi connectivity index (χ3v) is 4.27. The summed E-state index contributed by atoms with van der Waals surface area (Å²) in [5.41, 5.74) is -0.792. The molecule has 0 aliphatic rings. The Morgan fingerprint density at radius 2 is 2.04 bits per heavy atom. The molecule has 1 heterocycles. The van der Waals surface area contributed by atoms with E-state index < -0.39 is 23.6 Å². The third-order valence-electron chi connectivity index (χ3n) is 3.04. The van der Waals surface area contributed by atoms with Gasteiger partial charge in [0.25, 0.3) is 0 Å². The average Bonchev–Trinajstić information content (AvgIpc) is 2.89. The summed E-state index contributed by atoms with van der Waals surface area (Å²) < 4.78 is 37.9. The molecule has 0 spiro atoms. The maximum Gasteiger partial charge on any atom is 0.416 e. The zero-order valence-electron chi connectivity index (χ0n) is 12.5. The van der Waals surface area contributed by atoms with Gasteiger partial charge in [0, 0.05) is 5.69 Å². The molecule has 2 rings (SSSR count). The van der Waals surface area contributed by atoms with Crippen LogP contribution < -0.4 is 5.32 Å². The number of alkyl halides is 3. The molecule has 0 saturated heterocycles. The lowest BCUT2D eigenvalue weighted by Gasteiger charge is -2.09. The highest BCUT2D eigenvalue weighted by molar-refractivity contribution is 7.13. The van der Waals surface area contributed by atoms with Crippen molar-refractivity contribution < 1.29 is 27.9 Å². The standard InChI is InChI=1S/C15H13F3N2O3S/c1-2-12-20-10(13(24-12)14(22)23)7-11(21)19-9-5-3-4-8(6-9)15(16,17)18/h3-6H,2,7H2,1H3,(H,19,21)(H,22,23). The number of nitrogens with zero attached hydrogens (tertiary/aromatic N) is 1. The monoisotopic (exact) mass is 358 g/mol. The lowest BCUT2D eigenvalue weighted by molar-refractivity contribution is -0.137. The molecule has 1 aromatic carbocycles. The van der Waals surface area contributed by atoms with E-state index >= 15 is 0 Å². The molecule has 128 valence electrons. The van der Waals surface area contributed by atoms with Gasteiger partial charge in [-0.05, 0) is 24.6 Å². The Bertz CT molecular complexity index is 772. The zero-order chi connectivity index (χ0) is 17.9. The first-order chi connectivity index (χ1) is 11.2. The van der Waals surface area contributed by atoms with Crippen molar-refractivity contribution in [2.24, 2.45) is 0 Å². The van der Waals surface area contributed by atoms with Crippen LogP contribution in [-0.4, -0.2) is 22.0 Å². The largest absolute Gasteiger partial charge is 0.477 e. The van der Waals surface area contributed by atoms with Crippen molar-refractivity contribution in [2.45, 2.75) is 25.9 Å². The highest BCUT2D eigenvalue weighted by atomic mass is 32.1. The smallest absolute Gasteiger partial charge is 0.416 e. The van der Waals surface area contributed by atoms with Gasteiger partial charge in [-0.3, -0.25) is 4.79 Å². The first-order valence-corrected chi connectivity index (χ1v) is 7.71. The molecule has 1 amide bonds. The van der Waals surface area contributed by atoms with Crippen LogP contribution in [0.2, 0.25) is 0 Å². The number of rotatable bonds is 5. The van der Waals surface area contributed by atoms with E-state index in [1.165, 1.54) is 12.1 Å². The van der Waals surface area contributed by atoms with Crippen molar-refractivity contribution in [1.29, 1.82) is 0 Å². The molecule has 1 aromatic heterocycles. The number of hydrogen-bond acceptors (Lipinski definition) is 4. The Morgan fingerprint density at radius 1 is 1.33 bits per heavy atom. The van der Waals surface area contributed by atoms with Crippen molar-refractivity contribution >= 4 is 28.9 Å². The van der Waals surface area contributed by atoms with E-state index in [-0.39, 0.29) is 22.7 Å². The number of aromatic nitrogens is 1. The number of amides is 1. The van der Waals surface area contributed by atoms with Crippen molar-refractivity contribution in [3.05, 3.63) is 45.4 Å². The number of benzene rings is 1. The summed E-state index contributed by atoms with van der Waals surface area (Å²) in [6.45, 7) is 1.80. The molecule has 0 unspecified atom stereocenters. The van der Waals surface area contributed by atoms with E-state index in [0.29, 0.717) is 11.4 Å². The number of hydrogen-bond donors (Lipinski definition) is 2. The molecule has 0 radical (unpaired) electrons. The fraction of sp³-hybridized carbons (Fsp3) is 0.267. The second kappa shape index (κ2) is 7.00. The first kappa shape index (κ1) is 17.9. The maximum absolute atomic E-state index is 12.6. The Hall–Kier alpha value is -2.42. The summed E-state index contributed by atoms with van der Waals surface area (Å²) in [4.78, 5) is 27.2. The number of carbonyl (C=O) groups excluding carboxylic acids is 1. The van der Waals surface area contributed by atoms with Crippen molar-refractivity contribution in [2.75, 3.05) is 5.32 Å². The van der Waals surface area contributed by atoms with Crippen LogP contribution in [0.15, 0.2) is 24.3 Å². The molecule has 0 atom stereocenters. The number of carboxylic acids is 1. The van der Waals surface area contributed by atoms with Crippen LogP contribution in [0.4, 0.5) is 18.9 Å². The molecule has 9 heteroatoms. The molecule has 2 aromatic rings. The zero-order valence-corrected chi connectivity index (χ0v) is 13.3. The van der Waals surface area contributed by atoms with E-state index in [9.17, 15) is 22.8 Å². The van der Waals surface area contributed by atoms with Crippen LogP contribution in [0.1, 0.15) is 32.9 Å². The minimum Gasteiger partial charge on any atom is -0.477 e. The predicted octanol–water partition coefficient (Wildman–Crippen LogP) is 3.60. The van der Waals surface area contributed by atoms with Gasteiger partial charge in [0.05, 0.1) is 22.7 Å². The molecule has 0 aliphatic carbocycles. The normalized spacial score (nSPS) is 11.3. The minimum atomic E-state index is -4.51. The quantitative estimate of drug-likeness (QED) is 0.856. The average molecular weight is 358 g/mol. The lowest BCUT2D eigenvalue weighted by atomic mass is 10.2. The van der Waals surface area contributed by atoms with E-state index in [4.69, 9.17) is 5.11 Å². The van der Waals surface area contributed by atoms with Crippen LogP contribution in [0.25, 0.3) is 0 Å². The number of aryl methyl sites for hydroxylation is 1. The van der Waals surface area contributed by atoms with E-state index in [0.717, 1.165) is 23.5 Å². The number of aromatic carboxylic acids is 1. The number of thiazole rings is 1. The van der Waals surface area contributed by atoms with E-state index in [1.54, 1.807) is 6.92 Å². The highest BCUT2D eigenvalue weighted by Gasteiger charge is 2.30. The second-order valence-corrected chi connectivity index (χ2v) is 5.93. The third kappa shape index (κ3) is 4.31. The minimum absolute atomic E-state index is 0.0161. The number of nitrogens with one attached hydrogen (secondary N) is 1. The van der Waals surface area contributed by atoms with Crippen LogP contribution in [-0.2, 0) is 23.8 Å². The molecule has 0 fully saturated rings. The summed E-state index contributed by atoms with van der Waals surface area (Å²) in [7, 11) is 0. The fourth-order valence-corrected chi connectivity index (χ4v) is 2.83. The SMILES string of the molecule is CCc1nc(CC(=O)Nc2cccc(C(F)(F)F)c2)c(C(=O)O)s1. The van der Waals surface area contributed by atoms with Gasteiger partial charge in [-0.25, -0.2) is 9.78 Å². The summed E-state index contributed by atoms with van der Waals surface area (Å²) in [6, 6.07) is 4.21. The van der Waals surface area contributed by atoms with Gasteiger partial charge in [-0.1, -0.05) is 13.0 Å². The lowest BCUT2D eigenvalue weighted by Crippen LogP contribution is -2.17. The number of carbonyl (C=O) groups is 2. The number of anilines is 1. The topological polar surface area (TPSA) is 79.3 Å². The van der Waals surface area contributed by atoms with E-state index in [2.05, 4.69) is 10.3 Å². The summed E-state index contributed by atoms with van der Waals surface area (Å²) in [5, 5.41) is 12.0. The molecule has 0 aliphatic heterocycles. The molecular formula is C15H13F3N2O3S.